The van der Waals surface area contributed by atoms with Crippen molar-refractivity contribution in [3.63, 3.8) is 0 Å². The Morgan fingerprint density at radius 3 is 3.07 bits per heavy atom. The lowest BCUT2D eigenvalue weighted by Gasteiger charge is -2.31. The van der Waals surface area contributed by atoms with Crippen molar-refractivity contribution in [3.05, 3.63) is 18.2 Å². The molecule has 4 heteroatoms. The zero-order valence-corrected chi connectivity index (χ0v) is 9.19. The summed E-state index contributed by atoms with van der Waals surface area (Å²) in [6.45, 7) is 4.91. The summed E-state index contributed by atoms with van der Waals surface area (Å²) in [4.78, 5) is 4.29. The van der Waals surface area contributed by atoms with Crippen molar-refractivity contribution < 1.29 is 5.11 Å². The number of nitrogens with zero attached hydrogens (tertiary/aromatic N) is 2. The van der Waals surface area contributed by atoms with Gasteiger partial charge in [0.15, 0.2) is 0 Å². The first-order valence-corrected chi connectivity index (χ1v) is 5.68. The molecule has 15 heavy (non-hydrogen) atoms. The molecular formula is C11H19N3O. The van der Waals surface area contributed by atoms with E-state index in [9.17, 15) is 0 Å². The summed E-state index contributed by atoms with van der Waals surface area (Å²) in [5, 5.41) is 12.5. The highest BCUT2D eigenvalue weighted by atomic mass is 16.3. The van der Waals surface area contributed by atoms with Crippen LogP contribution in [-0.2, 0) is 13.1 Å². The lowest BCUT2D eigenvalue weighted by Crippen LogP contribution is -2.36. The van der Waals surface area contributed by atoms with E-state index in [0.717, 1.165) is 38.3 Å². The Morgan fingerprint density at radius 2 is 2.40 bits per heavy atom. The van der Waals surface area contributed by atoms with E-state index in [1.807, 2.05) is 12.4 Å². The summed E-state index contributed by atoms with van der Waals surface area (Å²) in [5.74, 6) is 1.75. The molecule has 2 N–H and O–H groups in total. The number of aryl methyl sites for hydroxylation is 1. The minimum Gasteiger partial charge on any atom is -0.393 e. The lowest BCUT2D eigenvalue weighted by atomic mass is 9.82. The van der Waals surface area contributed by atoms with E-state index in [1.165, 1.54) is 0 Å². The van der Waals surface area contributed by atoms with Crippen molar-refractivity contribution in [2.45, 2.75) is 39.0 Å². The van der Waals surface area contributed by atoms with E-state index < -0.39 is 0 Å². The van der Waals surface area contributed by atoms with E-state index in [2.05, 4.69) is 21.8 Å². The van der Waals surface area contributed by atoms with Crippen LogP contribution in [0.5, 0.6) is 0 Å². The minimum atomic E-state index is -0.0468. The van der Waals surface area contributed by atoms with Crippen LogP contribution < -0.4 is 5.32 Å². The molecule has 84 valence electrons. The first-order valence-electron chi connectivity index (χ1n) is 5.68. The molecule has 0 atom stereocenters. The van der Waals surface area contributed by atoms with Crippen molar-refractivity contribution in [2.75, 3.05) is 6.54 Å². The summed E-state index contributed by atoms with van der Waals surface area (Å²) in [7, 11) is 0. The Hall–Kier alpha value is -0.870. The molecule has 1 aromatic heterocycles. The molecule has 0 spiro atoms. The van der Waals surface area contributed by atoms with Gasteiger partial charge in [0, 0.05) is 18.9 Å². The van der Waals surface area contributed by atoms with Crippen LogP contribution in [-0.4, -0.2) is 27.3 Å². The molecule has 1 aromatic rings. The van der Waals surface area contributed by atoms with E-state index >= 15 is 0 Å². The van der Waals surface area contributed by atoms with Crippen LogP contribution in [0.25, 0.3) is 0 Å². The van der Waals surface area contributed by atoms with Crippen LogP contribution in [0.3, 0.4) is 0 Å². The Kier molecular flexibility index (Phi) is 3.38. The highest BCUT2D eigenvalue weighted by molar-refractivity contribution is 4.92. The number of aromatic nitrogens is 2. The maximum absolute atomic E-state index is 9.14. The molecule has 2 rings (SSSR count). The van der Waals surface area contributed by atoms with Crippen LogP contribution in [0.15, 0.2) is 12.4 Å². The number of nitrogens with one attached hydrogen (secondary N) is 1. The Bertz CT molecular complexity index is 305. The lowest BCUT2D eigenvalue weighted by molar-refractivity contribution is 0.0429. The molecule has 0 aromatic carbocycles. The summed E-state index contributed by atoms with van der Waals surface area (Å²) in [6.07, 6.45) is 5.71. The van der Waals surface area contributed by atoms with Crippen molar-refractivity contribution in [3.8, 4) is 0 Å². The molecule has 1 aliphatic rings. The third-order valence-electron chi connectivity index (χ3n) is 3.07. The summed E-state index contributed by atoms with van der Waals surface area (Å²) < 4.78 is 2.14. The highest BCUT2D eigenvalue weighted by Gasteiger charge is 2.26. The maximum Gasteiger partial charge on any atom is 0.122 e. The van der Waals surface area contributed by atoms with Crippen LogP contribution in [0.4, 0.5) is 0 Å². The van der Waals surface area contributed by atoms with Gasteiger partial charge in [0.25, 0.3) is 0 Å². The van der Waals surface area contributed by atoms with Crippen molar-refractivity contribution in [1.29, 1.82) is 0 Å². The predicted molar refractivity (Wildman–Crippen MR) is 58.3 cm³/mol. The Balaban J connectivity index is 1.69. The normalized spacial score (nSPS) is 25.2. The van der Waals surface area contributed by atoms with Crippen LogP contribution in [0.2, 0.25) is 0 Å². The fourth-order valence-corrected chi connectivity index (χ4v) is 2.05. The second kappa shape index (κ2) is 4.77. The van der Waals surface area contributed by atoms with Gasteiger partial charge in [0.1, 0.15) is 5.82 Å². The number of hydrogen-bond acceptors (Lipinski definition) is 3. The van der Waals surface area contributed by atoms with Crippen molar-refractivity contribution in [1.82, 2.24) is 14.9 Å². The fourth-order valence-electron chi connectivity index (χ4n) is 2.05. The van der Waals surface area contributed by atoms with Gasteiger partial charge in [-0.1, -0.05) is 0 Å². The summed E-state index contributed by atoms with van der Waals surface area (Å²) in [5.41, 5.74) is 0. The standard InChI is InChI=1S/C11H19N3O/c1-2-14-4-3-13-11(14)8-12-7-9-5-10(15)6-9/h3-4,9-10,12,15H,2,5-8H2,1H3. The van der Waals surface area contributed by atoms with Gasteiger partial charge < -0.3 is 15.0 Å². The molecule has 1 fully saturated rings. The van der Waals surface area contributed by atoms with Crippen molar-refractivity contribution in [2.24, 2.45) is 5.92 Å². The zero-order chi connectivity index (χ0) is 10.7. The molecular weight excluding hydrogens is 190 g/mol. The van der Waals surface area contributed by atoms with E-state index in [4.69, 9.17) is 5.11 Å². The predicted octanol–water partition coefficient (Wildman–Crippen LogP) is 0.763. The number of aliphatic hydroxyl groups is 1. The van der Waals surface area contributed by atoms with Crippen LogP contribution in [0.1, 0.15) is 25.6 Å². The summed E-state index contributed by atoms with van der Waals surface area (Å²) in [6, 6.07) is 0. The maximum atomic E-state index is 9.14. The molecule has 0 aliphatic heterocycles. The second-order valence-electron chi connectivity index (χ2n) is 4.25. The zero-order valence-electron chi connectivity index (χ0n) is 9.19. The molecule has 1 heterocycles. The number of rotatable bonds is 5. The second-order valence-corrected chi connectivity index (χ2v) is 4.25. The molecule has 0 bridgehead atoms. The van der Waals surface area contributed by atoms with Gasteiger partial charge in [-0.3, -0.25) is 0 Å². The average Bonchev–Trinajstić information content (AvgIpc) is 2.62. The molecule has 1 aliphatic carbocycles. The minimum absolute atomic E-state index is 0.0468. The molecule has 0 radical (unpaired) electrons. The van der Waals surface area contributed by atoms with Gasteiger partial charge in [-0.05, 0) is 32.2 Å². The van der Waals surface area contributed by atoms with Gasteiger partial charge in [-0.25, -0.2) is 4.98 Å². The molecule has 0 unspecified atom stereocenters. The van der Waals surface area contributed by atoms with Gasteiger partial charge >= 0.3 is 0 Å². The van der Waals surface area contributed by atoms with Crippen LogP contribution >= 0.6 is 0 Å². The van der Waals surface area contributed by atoms with Gasteiger partial charge in [-0.2, -0.15) is 0 Å². The van der Waals surface area contributed by atoms with Gasteiger partial charge in [0.05, 0.1) is 12.6 Å². The van der Waals surface area contributed by atoms with E-state index in [-0.39, 0.29) is 6.10 Å². The summed E-state index contributed by atoms with van der Waals surface area (Å²) >= 11 is 0. The van der Waals surface area contributed by atoms with Crippen LogP contribution in [0, 0.1) is 5.92 Å². The van der Waals surface area contributed by atoms with E-state index in [0.29, 0.717) is 5.92 Å². The molecule has 1 saturated carbocycles. The first kappa shape index (κ1) is 10.6. The van der Waals surface area contributed by atoms with Gasteiger partial charge in [-0.15, -0.1) is 0 Å². The number of hydrogen-bond donors (Lipinski definition) is 2. The number of aliphatic hydroxyl groups excluding tert-OH is 1. The third kappa shape index (κ3) is 2.58. The van der Waals surface area contributed by atoms with Crippen molar-refractivity contribution >= 4 is 0 Å². The topological polar surface area (TPSA) is 50.1 Å². The largest absolute Gasteiger partial charge is 0.393 e. The van der Waals surface area contributed by atoms with E-state index in [1.54, 1.807) is 0 Å². The first-order chi connectivity index (χ1) is 7.29. The Labute approximate surface area is 90.3 Å². The highest BCUT2D eigenvalue weighted by Crippen LogP contribution is 2.26. The van der Waals surface area contributed by atoms with Gasteiger partial charge in [0.2, 0.25) is 0 Å². The smallest absolute Gasteiger partial charge is 0.122 e. The monoisotopic (exact) mass is 209 g/mol. The molecule has 0 amide bonds. The Morgan fingerprint density at radius 1 is 1.60 bits per heavy atom. The fraction of sp³-hybridized carbons (Fsp3) is 0.727. The quantitative estimate of drug-likeness (QED) is 0.753. The molecule has 4 nitrogen and oxygen atoms in total. The number of imidazole rings is 1. The third-order valence-corrected chi connectivity index (χ3v) is 3.07. The average molecular weight is 209 g/mol. The molecule has 0 saturated heterocycles. The SMILES string of the molecule is CCn1ccnc1CNCC1CC(O)C1.